The third-order valence-corrected chi connectivity index (χ3v) is 12.0. The summed E-state index contributed by atoms with van der Waals surface area (Å²) in [5, 5.41) is 8.67. The van der Waals surface area contributed by atoms with E-state index in [9.17, 15) is 19.2 Å². The Morgan fingerprint density at radius 2 is 1.62 bits per heavy atom. The highest BCUT2D eigenvalue weighted by atomic mass is 32.2. The number of anilines is 4. The van der Waals surface area contributed by atoms with Crippen LogP contribution in [0.5, 0.6) is 0 Å². The van der Waals surface area contributed by atoms with E-state index in [0.29, 0.717) is 28.2 Å². The number of amides is 4. The number of thioether (sulfide) groups is 2. The molecule has 1 aliphatic carbocycles. The van der Waals surface area contributed by atoms with Crippen molar-refractivity contribution in [3.05, 3.63) is 119 Å². The van der Waals surface area contributed by atoms with Crippen LogP contribution >= 0.6 is 34.9 Å². The maximum atomic E-state index is 13.8. The van der Waals surface area contributed by atoms with Crippen LogP contribution in [-0.4, -0.2) is 47.0 Å². The Morgan fingerprint density at radius 1 is 0.880 bits per heavy atom. The van der Waals surface area contributed by atoms with Crippen LogP contribution in [0, 0.1) is 6.92 Å². The Kier molecular flexibility index (Phi) is 11.1. The predicted molar refractivity (Wildman–Crippen MR) is 204 cm³/mol. The topological polar surface area (TPSA) is 117 Å². The van der Waals surface area contributed by atoms with Crippen molar-refractivity contribution in [2.75, 3.05) is 27.5 Å². The molecule has 256 valence electrons. The van der Waals surface area contributed by atoms with Gasteiger partial charge in [-0.25, -0.2) is 9.59 Å². The first kappa shape index (κ1) is 35.1. The fourth-order valence-electron chi connectivity index (χ4n) is 5.71. The number of carbonyl (C=O) groups excluding carboxylic acids is 4. The van der Waals surface area contributed by atoms with Gasteiger partial charge in [-0.3, -0.25) is 14.5 Å². The molecule has 1 aliphatic heterocycles. The normalized spacial score (nSPS) is 16.5. The van der Waals surface area contributed by atoms with E-state index in [4.69, 9.17) is 4.74 Å². The average Bonchev–Trinajstić information content (AvgIpc) is 3.45. The molecule has 0 bridgehead atoms. The fourth-order valence-corrected chi connectivity index (χ4v) is 9.08. The highest BCUT2D eigenvalue weighted by Crippen LogP contribution is 2.44. The van der Waals surface area contributed by atoms with Crippen LogP contribution in [0.2, 0.25) is 0 Å². The van der Waals surface area contributed by atoms with Crippen LogP contribution in [-0.2, 0) is 9.53 Å². The molecular weight excluding hydrogens is 689 g/mol. The van der Waals surface area contributed by atoms with Crippen LogP contribution in [0.1, 0.15) is 45.9 Å². The van der Waals surface area contributed by atoms with Crippen molar-refractivity contribution >= 4 is 80.7 Å². The van der Waals surface area contributed by atoms with E-state index < -0.39 is 11.2 Å². The number of nitrogens with one attached hydrogen (secondary N) is 3. The lowest BCUT2D eigenvalue weighted by Crippen LogP contribution is -2.49. The number of fused-ring (bicyclic) bond motifs is 2. The minimum atomic E-state index is -0.611. The number of thiophene rings is 1. The second-order valence-electron chi connectivity index (χ2n) is 11.4. The third kappa shape index (κ3) is 7.67. The molecule has 3 unspecified atom stereocenters. The van der Waals surface area contributed by atoms with Crippen LogP contribution < -0.4 is 20.9 Å². The molecule has 2 aliphatic rings. The summed E-state index contributed by atoms with van der Waals surface area (Å²) in [4.78, 5) is 57.7. The molecule has 4 amide bonds. The molecule has 6 rings (SSSR count). The number of para-hydroxylation sites is 2. The number of urea groups is 1. The van der Waals surface area contributed by atoms with Crippen molar-refractivity contribution in [3.8, 4) is 0 Å². The smallest absolute Gasteiger partial charge is 0.341 e. The van der Waals surface area contributed by atoms with E-state index >= 15 is 0 Å². The molecule has 3 N–H and O–H groups in total. The molecule has 3 aromatic carbocycles. The summed E-state index contributed by atoms with van der Waals surface area (Å²) in [6.07, 6.45) is 8.63. The molecular formula is C38H36N4O5S3. The zero-order valence-electron chi connectivity index (χ0n) is 27.7. The lowest BCUT2D eigenvalue weighted by atomic mass is 10.1. The van der Waals surface area contributed by atoms with E-state index in [-0.39, 0.29) is 46.3 Å². The van der Waals surface area contributed by atoms with Gasteiger partial charge in [-0.15, -0.1) is 34.9 Å². The largest absolute Gasteiger partial charge is 0.462 e. The maximum absolute atomic E-state index is 13.8. The fraction of sp³-hybridized carbons (Fsp3) is 0.211. The quantitative estimate of drug-likeness (QED) is 0.110. The van der Waals surface area contributed by atoms with Gasteiger partial charge in [-0.2, -0.15) is 0 Å². The number of ether oxygens (including phenoxy) is 1. The van der Waals surface area contributed by atoms with E-state index in [0.717, 1.165) is 26.8 Å². The van der Waals surface area contributed by atoms with Gasteiger partial charge in [0.15, 0.2) is 0 Å². The van der Waals surface area contributed by atoms with Gasteiger partial charge >= 0.3 is 12.0 Å². The van der Waals surface area contributed by atoms with Crippen LogP contribution in [0.4, 0.5) is 26.9 Å². The molecule has 50 heavy (non-hydrogen) atoms. The van der Waals surface area contributed by atoms with E-state index in [1.807, 2.05) is 91.9 Å². The zero-order valence-corrected chi connectivity index (χ0v) is 30.1. The summed E-state index contributed by atoms with van der Waals surface area (Å²) >= 11 is 4.14. The van der Waals surface area contributed by atoms with E-state index in [1.54, 1.807) is 42.6 Å². The number of nitrogens with zero attached hydrogens (tertiary/aromatic N) is 1. The Bertz CT molecular complexity index is 1980. The van der Waals surface area contributed by atoms with Gasteiger partial charge in [-0.05, 0) is 68.3 Å². The Morgan fingerprint density at radius 3 is 2.40 bits per heavy atom. The van der Waals surface area contributed by atoms with Gasteiger partial charge < -0.3 is 20.7 Å². The van der Waals surface area contributed by atoms with Crippen molar-refractivity contribution in [1.82, 2.24) is 0 Å². The molecule has 1 aromatic heterocycles. The summed E-state index contributed by atoms with van der Waals surface area (Å²) < 4.78 is 5.30. The molecule has 0 spiro atoms. The SMILES string of the molecule is CCOC(=O)c1c(NC(=O)C(CC)Sc2cccc(NC(=O)N3c4ccccc4SC4C=CC=CC43)c2)sc(C(=O)Nc2ccccc2)c1C. The van der Waals surface area contributed by atoms with Crippen molar-refractivity contribution in [2.45, 2.75) is 53.5 Å². The molecule has 0 radical (unpaired) electrons. The van der Waals surface area contributed by atoms with Gasteiger partial charge in [0.2, 0.25) is 5.91 Å². The molecule has 0 saturated heterocycles. The number of esters is 1. The molecule has 12 heteroatoms. The van der Waals surface area contributed by atoms with E-state index in [1.165, 1.54) is 11.8 Å². The second-order valence-corrected chi connectivity index (χ2v) is 15.0. The summed E-state index contributed by atoms with van der Waals surface area (Å²) in [6.45, 7) is 5.42. The first-order valence-corrected chi connectivity index (χ1v) is 18.8. The van der Waals surface area contributed by atoms with Crippen molar-refractivity contribution in [2.24, 2.45) is 0 Å². The standard InChI is InChI=1S/C38H36N4O5S3/c1-4-29(34(43)41-36-32(37(45)47-5-2)23(3)33(50-36)35(44)39-24-14-7-6-8-15-24)48-26-17-13-16-25(22-26)40-38(46)42-27-18-9-11-20-30(27)49-31-21-12-10-19-28(31)42/h6-22,27,29-30H,4-5H2,1-3H3,(H,39,44)(H,40,46)(H,41,43). The third-order valence-electron chi connectivity index (χ3n) is 8.09. The Balaban J connectivity index is 1.18. The van der Waals surface area contributed by atoms with Crippen LogP contribution in [0.3, 0.4) is 0 Å². The Labute approximate surface area is 303 Å². The van der Waals surface area contributed by atoms with E-state index in [2.05, 4.69) is 22.0 Å². The van der Waals surface area contributed by atoms with Gasteiger partial charge in [0.25, 0.3) is 5.91 Å². The minimum Gasteiger partial charge on any atom is -0.462 e. The first-order valence-electron chi connectivity index (χ1n) is 16.2. The van der Waals surface area contributed by atoms with Crippen molar-refractivity contribution < 1.29 is 23.9 Å². The molecule has 9 nitrogen and oxygen atoms in total. The molecule has 0 fully saturated rings. The summed E-state index contributed by atoms with van der Waals surface area (Å²) in [5.41, 5.74) is 2.67. The Hall–Kier alpha value is -4.78. The lowest BCUT2D eigenvalue weighted by Gasteiger charge is -2.40. The number of carbonyl (C=O) groups is 4. The molecule has 4 aromatic rings. The molecule has 3 atom stereocenters. The highest BCUT2D eigenvalue weighted by Gasteiger charge is 2.37. The number of allylic oxidation sites excluding steroid dienone is 2. The summed E-state index contributed by atoms with van der Waals surface area (Å²) in [5.74, 6) is -1.32. The molecule has 0 saturated carbocycles. The van der Waals surface area contributed by atoms with Crippen molar-refractivity contribution in [3.63, 3.8) is 0 Å². The lowest BCUT2D eigenvalue weighted by molar-refractivity contribution is -0.115. The summed E-state index contributed by atoms with van der Waals surface area (Å²) in [6, 6.07) is 23.9. The predicted octanol–water partition coefficient (Wildman–Crippen LogP) is 9.00. The number of rotatable bonds is 10. The van der Waals surface area contributed by atoms with Crippen molar-refractivity contribution in [1.29, 1.82) is 0 Å². The van der Waals surface area contributed by atoms with Gasteiger partial charge in [-0.1, -0.05) is 67.6 Å². The van der Waals surface area contributed by atoms with Gasteiger partial charge in [0.05, 0.1) is 39.3 Å². The average molecular weight is 725 g/mol. The van der Waals surface area contributed by atoms with Crippen LogP contribution in [0.25, 0.3) is 0 Å². The van der Waals surface area contributed by atoms with Gasteiger partial charge in [0, 0.05) is 21.2 Å². The van der Waals surface area contributed by atoms with Gasteiger partial charge in [0.1, 0.15) is 5.00 Å². The first-order chi connectivity index (χ1) is 24.3. The second kappa shape index (κ2) is 15.8. The number of hydrogen-bond donors (Lipinski definition) is 3. The minimum absolute atomic E-state index is 0.108. The monoisotopic (exact) mass is 724 g/mol. The maximum Gasteiger partial charge on any atom is 0.341 e. The number of hydrogen-bond acceptors (Lipinski definition) is 8. The highest BCUT2D eigenvalue weighted by molar-refractivity contribution is 8.00. The zero-order chi connectivity index (χ0) is 35.2. The van der Waals surface area contributed by atoms with Crippen LogP contribution in [0.15, 0.2) is 113 Å². The summed E-state index contributed by atoms with van der Waals surface area (Å²) in [7, 11) is 0. The number of benzene rings is 3. The molecule has 2 heterocycles.